The van der Waals surface area contributed by atoms with Crippen molar-refractivity contribution in [2.75, 3.05) is 0 Å². The Kier molecular flexibility index (Phi) is 2.89. The molecule has 1 heterocycles. The molecule has 0 aromatic rings. The molecule has 5 unspecified atom stereocenters. The van der Waals surface area contributed by atoms with Gasteiger partial charge in [-0.15, -0.1) is 0 Å². The normalized spacial score (nSPS) is 52.8. The van der Waals surface area contributed by atoms with Gasteiger partial charge in [-0.25, -0.2) is 0 Å². The molecule has 92 valence electrons. The van der Waals surface area contributed by atoms with Gasteiger partial charge >= 0.3 is 7.60 Å². The summed E-state index contributed by atoms with van der Waals surface area (Å²) in [6.45, 7) is 0. The Morgan fingerprint density at radius 2 is 1.56 bits per heavy atom. The molecule has 2 saturated carbocycles. The van der Waals surface area contributed by atoms with Crippen LogP contribution in [0, 0.1) is 11.8 Å². The van der Waals surface area contributed by atoms with Crippen molar-refractivity contribution in [1.82, 2.24) is 0 Å². The molecule has 1 aliphatic heterocycles. The van der Waals surface area contributed by atoms with Gasteiger partial charge < -0.3 is 9.42 Å². The summed E-state index contributed by atoms with van der Waals surface area (Å²) in [5.41, 5.74) is -0.0411. The summed E-state index contributed by atoms with van der Waals surface area (Å²) in [4.78, 5) is 10.0. The maximum absolute atomic E-state index is 12.2. The highest BCUT2D eigenvalue weighted by atomic mass is 31.2. The molecule has 3 rings (SSSR count). The predicted octanol–water partition coefficient (Wildman–Crippen LogP) is 3.32. The van der Waals surface area contributed by atoms with Crippen molar-refractivity contribution >= 4 is 7.60 Å². The number of rotatable bonds is 0. The molecule has 0 spiro atoms. The summed E-state index contributed by atoms with van der Waals surface area (Å²) in [6, 6.07) is 0. The molecule has 3 aliphatic rings. The van der Waals surface area contributed by atoms with Crippen molar-refractivity contribution in [1.29, 1.82) is 0 Å². The minimum Gasteiger partial charge on any atom is -0.324 e. The summed E-state index contributed by atoms with van der Waals surface area (Å²) < 4.78 is 17.7. The van der Waals surface area contributed by atoms with E-state index < -0.39 is 7.60 Å². The maximum Gasteiger partial charge on any atom is 0.331 e. The van der Waals surface area contributed by atoms with Crippen molar-refractivity contribution in [3.05, 3.63) is 0 Å². The molecule has 0 radical (unpaired) electrons. The molecule has 3 fully saturated rings. The molecule has 3 nitrogen and oxygen atoms in total. The molecule has 2 aliphatic carbocycles. The van der Waals surface area contributed by atoms with Gasteiger partial charge in [0.1, 0.15) is 0 Å². The average Bonchev–Trinajstić information content (AvgIpc) is 2.29. The Morgan fingerprint density at radius 3 is 2.38 bits per heavy atom. The van der Waals surface area contributed by atoms with Crippen molar-refractivity contribution in [2.24, 2.45) is 11.8 Å². The lowest BCUT2D eigenvalue weighted by Gasteiger charge is -2.48. The molecule has 0 aromatic carbocycles. The van der Waals surface area contributed by atoms with Gasteiger partial charge in [0, 0.05) is 0 Å². The first-order valence-corrected chi connectivity index (χ1v) is 8.34. The minimum absolute atomic E-state index is 0.0411. The Bertz CT molecular complexity index is 317. The van der Waals surface area contributed by atoms with Crippen molar-refractivity contribution in [2.45, 2.75) is 63.1 Å². The zero-order valence-electron chi connectivity index (χ0n) is 9.68. The largest absolute Gasteiger partial charge is 0.331 e. The second kappa shape index (κ2) is 4.12. The second-order valence-electron chi connectivity index (χ2n) is 5.67. The van der Waals surface area contributed by atoms with E-state index in [4.69, 9.17) is 4.52 Å². The van der Waals surface area contributed by atoms with E-state index >= 15 is 0 Å². The summed E-state index contributed by atoms with van der Waals surface area (Å²) in [5.74, 6) is 1.05. The van der Waals surface area contributed by atoms with E-state index in [0.717, 1.165) is 25.7 Å². The lowest BCUT2D eigenvalue weighted by atomic mass is 9.71. The molecule has 5 atom stereocenters. The van der Waals surface area contributed by atoms with Crippen LogP contribution in [0.25, 0.3) is 0 Å². The van der Waals surface area contributed by atoms with Gasteiger partial charge in [0.2, 0.25) is 0 Å². The van der Waals surface area contributed by atoms with Crippen molar-refractivity contribution in [3.63, 3.8) is 0 Å². The first kappa shape index (κ1) is 11.3. The lowest BCUT2D eigenvalue weighted by Crippen LogP contribution is -2.45. The summed E-state index contributed by atoms with van der Waals surface area (Å²) in [5, 5.41) is 0. The molecule has 0 aromatic heterocycles. The maximum atomic E-state index is 12.2. The van der Waals surface area contributed by atoms with Crippen molar-refractivity contribution in [3.8, 4) is 0 Å². The first-order valence-electron chi connectivity index (χ1n) is 6.69. The standard InChI is InChI=1S/C12H21O3P/c13-16(14)12-8-4-2-6-10(12)9-5-1-3-7-11(9)15-16/h9-12H,1-8H2,(H,13,14). The highest BCUT2D eigenvalue weighted by molar-refractivity contribution is 7.53. The van der Waals surface area contributed by atoms with E-state index in [1.54, 1.807) is 0 Å². The minimum atomic E-state index is -3.31. The number of hydrogen-bond acceptors (Lipinski definition) is 2. The van der Waals surface area contributed by atoms with Crippen molar-refractivity contribution < 1.29 is 14.0 Å². The Hall–Kier alpha value is 0.150. The fourth-order valence-corrected chi connectivity index (χ4v) is 6.23. The zero-order valence-corrected chi connectivity index (χ0v) is 10.6. The third kappa shape index (κ3) is 1.77. The average molecular weight is 244 g/mol. The van der Waals surface area contributed by atoms with Crippen LogP contribution in [0.5, 0.6) is 0 Å². The molecule has 1 N–H and O–H groups in total. The topological polar surface area (TPSA) is 46.5 Å². The van der Waals surface area contributed by atoms with Crippen LogP contribution in [0.1, 0.15) is 51.4 Å². The van der Waals surface area contributed by atoms with Crippen LogP contribution >= 0.6 is 7.60 Å². The van der Waals surface area contributed by atoms with E-state index in [9.17, 15) is 9.46 Å². The summed E-state index contributed by atoms with van der Waals surface area (Å²) in [6.07, 6.45) is 9.15. The zero-order chi connectivity index (χ0) is 11.2. The molecular weight excluding hydrogens is 223 g/mol. The summed E-state index contributed by atoms with van der Waals surface area (Å²) in [7, 11) is -3.31. The van der Waals surface area contributed by atoms with Gasteiger partial charge in [0.05, 0.1) is 11.8 Å². The number of hydrogen-bond donors (Lipinski definition) is 1. The third-order valence-corrected chi connectivity index (χ3v) is 6.84. The smallest absolute Gasteiger partial charge is 0.324 e. The molecule has 4 heteroatoms. The molecule has 0 amide bonds. The van der Waals surface area contributed by atoms with E-state index in [1.165, 1.54) is 25.7 Å². The Morgan fingerprint density at radius 1 is 0.938 bits per heavy atom. The lowest BCUT2D eigenvalue weighted by molar-refractivity contribution is 0.00283. The van der Waals surface area contributed by atoms with Gasteiger partial charge in [-0.2, -0.15) is 0 Å². The van der Waals surface area contributed by atoms with E-state index in [2.05, 4.69) is 0 Å². The van der Waals surface area contributed by atoms with E-state index in [0.29, 0.717) is 11.8 Å². The van der Waals surface area contributed by atoms with E-state index in [-0.39, 0.29) is 11.8 Å². The highest BCUT2D eigenvalue weighted by Crippen LogP contribution is 2.63. The Balaban J connectivity index is 1.88. The fraction of sp³-hybridized carbons (Fsp3) is 1.00. The number of fused-ring (bicyclic) bond motifs is 3. The highest BCUT2D eigenvalue weighted by Gasteiger charge is 2.52. The molecule has 16 heavy (non-hydrogen) atoms. The molecular formula is C12H21O3P. The first-order chi connectivity index (χ1) is 7.68. The van der Waals surface area contributed by atoms with Gasteiger partial charge in [0.15, 0.2) is 0 Å². The van der Waals surface area contributed by atoms with Crippen LogP contribution in [-0.2, 0) is 9.09 Å². The summed E-state index contributed by atoms with van der Waals surface area (Å²) >= 11 is 0. The fourth-order valence-electron chi connectivity index (χ4n) is 4.06. The molecule has 0 bridgehead atoms. The van der Waals surface area contributed by atoms with Gasteiger partial charge in [-0.05, 0) is 37.5 Å². The van der Waals surface area contributed by atoms with Crippen LogP contribution < -0.4 is 0 Å². The predicted molar refractivity (Wildman–Crippen MR) is 62.4 cm³/mol. The van der Waals surface area contributed by atoms with Crippen LogP contribution in [-0.4, -0.2) is 16.7 Å². The van der Waals surface area contributed by atoms with Gasteiger partial charge in [-0.3, -0.25) is 4.57 Å². The Labute approximate surface area is 97.1 Å². The quantitative estimate of drug-likeness (QED) is 0.665. The monoisotopic (exact) mass is 244 g/mol. The third-order valence-electron chi connectivity index (χ3n) is 4.79. The SMILES string of the molecule is O=P1(O)OC2CCCCC2C2CCCCC21. The van der Waals surface area contributed by atoms with Crippen LogP contribution in [0.3, 0.4) is 0 Å². The van der Waals surface area contributed by atoms with Crippen LogP contribution in [0.4, 0.5) is 0 Å². The second-order valence-corrected chi connectivity index (χ2v) is 7.67. The van der Waals surface area contributed by atoms with Crippen LogP contribution in [0.2, 0.25) is 0 Å². The van der Waals surface area contributed by atoms with Gasteiger partial charge in [-0.1, -0.05) is 25.7 Å². The van der Waals surface area contributed by atoms with Gasteiger partial charge in [0.25, 0.3) is 0 Å². The van der Waals surface area contributed by atoms with E-state index in [1.807, 2.05) is 0 Å². The van der Waals surface area contributed by atoms with Crippen LogP contribution in [0.15, 0.2) is 0 Å². The molecule has 1 saturated heterocycles.